The Balaban J connectivity index is 1.67. The van der Waals surface area contributed by atoms with Crippen LogP contribution in [0.1, 0.15) is 45.1 Å². The normalized spacial score (nSPS) is 22.9. The summed E-state index contributed by atoms with van der Waals surface area (Å²) in [5.74, 6) is 1.01. The van der Waals surface area contributed by atoms with Crippen LogP contribution in [-0.4, -0.2) is 30.6 Å². The van der Waals surface area contributed by atoms with E-state index in [-0.39, 0.29) is 5.91 Å². The molecule has 0 unspecified atom stereocenters. The Bertz CT molecular complexity index is 482. The minimum absolute atomic E-state index is 0.0799. The second kappa shape index (κ2) is 8.18. The highest BCUT2D eigenvalue weighted by Gasteiger charge is 2.22. The summed E-state index contributed by atoms with van der Waals surface area (Å²) in [5.41, 5.74) is 1.22. The molecule has 0 spiro atoms. The van der Waals surface area contributed by atoms with E-state index in [1.165, 1.54) is 5.56 Å². The first-order valence-electron chi connectivity index (χ1n) is 8.25. The Morgan fingerprint density at radius 3 is 2.59 bits per heavy atom. The maximum absolute atomic E-state index is 11.1. The zero-order valence-electron chi connectivity index (χ0n) is 13.9. The standard InChI is InChI=1S/C18H28N2O2/c1-13-5-4-6-18(11-13)22-12-14(2)19-16-7-9-17(10-8-16)20-15(3)21/h4-6,11,14,16-17,19H,7-10,12H2,1-3H3,(H,20,21)/t14-,16?,17?/m1/s1. The number of aryl methyl sites for hydroxylation is 1. The van der Waals surface area contributed by atoms with Gasteiger partial charge in [0, 0.05) is 25.0 Å². The molecule has 0 bridgehead atoms. The third kappa shape index (κ3) is 5.68. The minimum atomic E-state index is 0.0799. The summed E-state index contributed by atoms with van der Waals surface area (Å²) >= 11 is 0. The predicted molar refractivity (Wildman–Crippen MR) is 89.1 cm³/mol. The van der Waals surface area contributed by atoms with Gasteiger partial charge in [0.05, 0.1) is 0 Å². The van der Waals surface area contributed by atoms with Gasteiger partial charge in [-0.05, 0) is 57.2 Å². The maximum Gasteiger partial charge on any atom is 0.217 e. The molecule has 1 saturated carbocycles. The lowest BCUT2D eigenvalue weighted by Crippen LogP contribution is -2.45. The average molecular weight is 304 g/mol. The number of rotatable bonds is 6. The van der Waals surface area contributed by atoms with Gasteiger partial charge in [-0.1, -0.05) is 12.1 Å². The first-order chi connectivity index (χ1) is 10.5. The molecule has 122 valence electrons. The third-order valence-corrected chi connectivity index (χ3v) is 4.14. The quantitative estimate of drug-likeness (QED) is 0.849. The van der Waals surface area contributed by atoms with Crippen molar-refractivity contribution in [1.29, 1.82) is 0 Å². The zero-order chi connectivity index (χ0) is 15.9. The predicted octanol–water partition coefficient (Wildman–Crippen LogP) is 2.80. The number of ether oxygens (including phenoxy) is 1. The van der Waals surface area contributed by atoms with Gasteiger partial charge in [0.2, 0.25) is 5.91 Å². The monoisotopic (exact) mass is 304 g/mol. The van der Waals surface area contributed by atoms with Crippen molar-refractivity contribution >= 4 is 5.91 Å². The van der Waals surface area contributed by atoms with E-state index in [4.69, 9.17) is 4.74 Å². The summed E-state index contributed by atoms with van der Waals surface area (Å²) in [5, 5.41) is 6.66. The topological polar surface area (TPSA) is 50.4 Å². The summed E-state index contributed by atoms with van der Waals surface area (Å²) in [6.45, 7) is 6.50. The summed E-state index contributed by atoms with van der Waals surface area (Å²) < 4.78 is 5.84. The summed E-state index contributed by atoms with van der Waals surface area (Å²) in [6.07, 6.45) is 4.34. The van der Waals surface area contributed by atoms with Crippen LogP contribution in [0.5, 0.6) is 5.75 Å². The van der Waals surface area contributed by atoms with Crippen LogP contribution in [0, 0.1) is 6.92 Å². The Morgan fingerprint density at radius 2 is 1.95 bits per heavy atom. The highest BCUT2D eigenvalue weighted by Crippen LogP contribution is 2.19. The number of benzene rings is 1. The van der Waals surface area contributed by atoms with Crippen molar-refractivity contribution in [3.8, 4) is 5.75 Å². The van der Waals surface area contributed by atoms with Gasteiger partial charge < -0.3 is 15.4 Å². The van der Waals surface area contributed by atoms with Gasteiger partial charge in [0.25, 0.3) is 0 Å². The second-order valence-corrected chi connectivity index (χ2v) is 6.44. The number of carbonyl (C=O) groups is 1. The fraction of sp³-hybridized carbons (Fsp3) is 0.611. The molecule has 0 radical (unpaired) electrons. The largest absolute Gasteiger partial charge is 0.492 e. The summed E-state index contributed by atoms with van der Waals surface area (Å²) in [7, 11) is 0. The van der Waals surface area contributed by atoms with Gasteiger partial charge in [-0.3, -0.25) is 4.79 Å². The molecular weight excluding hydrogens is 276 g/mol. The number of carbonyl (C=O) groups excluding carboxylic acids is 1. The van der Waals surface area contributed by atoms with E-state index in [1.54, 1.807) is 6.92 Å². The Kier molecular flexibility index (Phi) is 6.25. The second-order valence-electron chi connectivity index (χ2n) is 6.44. The van der Waals surface area contributed by atoms with Crippen LogP contribution in [0.4, 0.5) is 0 Å². The Hall–Kier alpha value is -1.55. The average Bonchev–Trinajstić information content (AvgIpc) is 2.47. The van der Waals surface area contributed by atoms with Crippen LogP contribution >= 0.6 is 0 Å². The minimum Gasteiger partial charge on any atom is -0.492 e. The number of amides is 1. The van der Waals surface area contributed by atoms with Crippen LogP contribution in [0.2, 0.25) is 0 Å². The van der Waals surface area contributed by atoms with E-state index in [1.807, 2.05) is 12.1 Å². The van der Waals surface area contributed by atoms with Crippen LogP contribution in [0.25, 0.3) is 0 Å². The van der Waals surface area contributed by atoms with E-state index in [0.29, 0.717) is 24.7 Å². The molecule has 1 fully saturated rings. The van der Waals surface area contributed by atoms with E-state index in [0.717, 1.165) is 31.4 Å². The van der Waals surface area contributed by atoms with Crippen molar-refractivity contribution in [1.82, 2.24) is 10.6 Å². The lowest BCUT2D eigenvalue weighted by Gasteiger charge is -2.31. The SMILES string of the molecule is CC(=O)NC1CCC(N[C@H](C)COc2cccc(C)c2)CC1. The summed E-state index contributed by atoms with van der Waals surface area (Å²) in [4.78, 5) is 11.1. The molecule has 1 amide bonds. The van der Waals surface area contributed by atoms with Crippen molar-refractivity contribution in [2.45, 2.75) is 64.6 Å². The molecule has 22 heavy (non-hydrogen) atoms. The molecule has 4 heteroatoms. The first-order valence-corrected chi connectivity index (χ1v) is 8.25. The maximum atomic E-state index is 11.1. The highest BCUT2D eigenvalue weighted by atomic mass is 16.5. The van der Waals surface area contributed by atoms with Crippen LogP contribution < -0.4 is 15.4 Å². The molecule has 2 rings (SSSR count). The smallest absolute Gasteiger partial charge is 0.217 e. The third-order valence-electron chi connectivity index (χ3n) is 4.14. The van der Waals surface area contributed by atoms with Crippen molar-refractivity contribution in [2.24, 2.45) is 0 Å². The molecular formula is C18H28N2O2. The van der Waals surface area contributed by atoms with Crippen molar-refractivity contribution < 1.29 is 9.53 Å². The molecule has 1 atom stereocenters. The van der Waals surface area contributed by atoms with Crippen molar-refractivity contribution in [3.05, 3.63) is 29.8 Å². The number of hydrogen-bond acceptors (Lipinski definition) is 3. The molecule has 1 aromatic rings. The first kappa shape index (κ1) is 16.8. The molecule has 0 aromatic heterocycles. The van der Waals surface area contributed by atoms with Crippen molar-refractivity contribution in [2.75, 3.05) is 6.61 Å². The fourth-order valence-corrected chi connectivity index (χ4v) is 3.07. The Labute approximate surface area is 133 Å². The van der Waals surface area contributed by atoms with Gasteiger partial charge in [0.1, 0.15) is 12.4 Å². The molecule has 1 aliphatic carbocycles. The molecule has 1 aromatic carbocycles. The van der Waals surface area contributed by atoms with Crippen LogP contribution in [-0.2, 0) is 4.79 Å². The number of hydrogen-bond donors (Lipinski definition) is 2. The zero-order valence-corrected chi connectivity index (χ0v) is 13.9. The van der Waals surface area contributed by atoms with Gasteiger partial charge in [-0.25, -0.2) is 0 Å². The van der Waals surface area contributed by atoms with Gasteiger partial charge >= 0.3 is 0 Å². The van der Waals surface area contributed by atoms with Crippen LogP contribution in [0.3, 0.4) is 0 Å². The number of nitrogens with one attached hydrogen (secondary N) is 2. The van der Waals surface area contributed by atoms with Crippen LogP contribution in [0.15, 0.2) is 24.3 Å². The van der Waals surface area contributed by atoms with Crippen molar-refractivity contribution in [3.63, 3.8) is 0 Å². The summed E-state index contributed by atoms with van der Waals surface area (Å²) in [6, 6.07) is 9.36. The molecule has 0 heterocycles. The van der Waals surface area contributed by atoms with Gasteiger partial charge in [-0.2, -0.15) is 0 Å². The lowest BCUT2D eigenvalue weighted by molar-refractivity contribution is -0.119. The molecule has 0 aliphatic heterocycles. The van der Waals surface area contributed by atoms with E-state index >= 15 is 0 Å². The lowest BCUT2D eigenvalue weighted by atomic mass is 9.90. The van der Waals surface area contributed by atoms with E-state index in [2.05, 4.69) is 36.6 Å². The Morgan fingerprint density at radius 1 is 1.27 bits per heavy atom. The molecule has 1 aliphatic rings. The van der Waals surface area contributed by atoms with E-state index in [9.17, 15) is 4.79 Å². The van der Waals surface area contributed by atoms with Gasteiger partial charge in [0.15, 0.2) is 0 Å². The van der Waals surface area contributed by atoms with E-state index < -0.39 is 0 Å². The van der Waals surface area contributed by atoms with Gasteiger partial charge in [-0.15, -0.1) is 0 Å². The highest BCUT2D eigenvalue weighted by molar-refractivity contribution is 5.73. The fourth-order valence-electron chi connectivity index (χ4n) is 3.07. The molecule has 4 nitrogen and oxygen atoms in total. The molecule has 2 N–H and O–H groups in total. The molecule has 0 saturated heterocycles.